The molecule has 0 aliphatic carbocycles. The van der Waals surface area contributed by atoms with Crippen LogP contribution in [-0.2, 0) is 20.6 Å². The van der Waals surface area contributed by atoms with Crippen molar-refractivity contribution in [3.63, 3.8) is 0 Å². The first-order chi connectivity index (χ1) is 16.9. The number of thioether (sulfide) groups is 1. The van der Waals surface area contributed by atoms with Crippen LogP contribution in [0.2, 0.25) is 0 Å². The molecule has 2 aromatic carbocycles. The Bertz CT molecular complexity index is 1760. The number of rotatable bonds is 6. The van der Waals surface area contributed by atoms with E-state index in [4.69, 9.17) is 4.98 Å². The summed E-state index contributed by atoms with van der Waals surface area (Å²) < 4.78 is 5.91. The van der Waals surface area contributed by atoms with Crippen molar-refractivity contribution < 1.29 is 0 Å². The molecule has 0 amide bonds. The maximum Gasteiger partial charge on any atom is 0.332 e. The minimum Gasteiger partial charge on any atom is -0.328 e. The molecule has 5 aromatic rings. The number of nitrogens with zero attached hydrogens (tertiary/aromatic N) is 6. The molecule has 0 fully saturated rings. The Balaban J connectivity index is 1.47. The van der Waals surface area contributed by atoms with Gasteiger partial charge < -0.3 is 4.57 Å². The first-order valence-corrected chi connectivity index (χ1v) is 12.2. The molecule has 0 bridgehead atoms. The van der Waals surface area contributed by atoms with Crippen LogP contribution in [0.15, 0.2) is 74.4 Å². The van der Waals surface area contributed by atoms with Crippen LogP contribution in [0.5, 0.6) is 0 Å². The van der Waals surface area contributed by atoms with Gasteiger partial charge in [0.15, 0.2) is 16.3 Å². The molecule has 5 rings (SSSR count). The lowest BCUT2D eigenvalue weighted by atomic mass is 10.2. The van der Waals surface area contributed by atoms with E-state index in [1.807, 2.05) is 49.4 Å². The fourth-order valence-corrected chi connectivity index (χ4v) is 5.14. The second kappa shape index (κ2) is 9.03. The fraction of sp³-hybridized carbons (Fsp3) is 0.240. The maximum absolute atomic E-state index is 13.4. The molecule has 3 aromatic heterocycles. The van der Waals surface area contributed by atoms with Gasteiger partial charge in [0.2, 0.25) is 0 Å². The molecular formula is C25H24N6O3S. The van der Waals surface area contributed by atoms with Crippen LogP contribution in [-0.4, -0.2) is 34.0 Å². The van der Waals surface area contributed by atoms with Gasteiger partial charge in [-0.1, -0.05) is 42.1 Å². The summed E-state index contributed by atoms with van der Waals surface area (Å²) in [5, 5.41) is 1.13. The topological polar surface area (TPSA) is 96.7 Å². The van der Waals surface area contributed by atoms with E-state index >= 15 is 0 Å². The molecule has 10 heteroatoms. The van der Waals surface area contributed by atoms with Crippen molar-refractivity contribution in [3.05, 3.63) is 91.6 Å². The van der Waals surface area contributed by atoms with Crippen LogP contribution in [0.25, 0.3) is 27.8 Å². The molecule has 0 N–H and O–H groups in total. The summed E-state index contributed by atoms with van der Waals surface area (Å²) in [6.45, 7) is 2.21. The van der Waals surface area contributed by atoms with Crippen molar-refractivity contribution in [3.8, 4) is 5.69 Å². The predicted octanol–water partition coefficient (Wildman–Crippen LogP) is 2.62. The molecular weight excluding hydrogens is 464 g/mol. The van der Waals surface area contributed by atoms with E-state index in [9.17, 15) is 14.4 Å². The molecule has 0 aliphatic heterocycles. The van der Waals surface area contributed by atoms with Crippen LogP contribution in [0.3, 0.4) is 0 Å². The summed E-state index contributed by atoms with van der Waals surface area (Å²) in [4.78, 5) is 48.1. The van der Waals surface area contributed by atoms with E-state index in [0.717, 1.165) is 11.3 Å². The lowest BCUT2D eigenvalue weighted by Gasteiger charge is -2.15. The first kappa shape index (κ1) is 22.9. The Hall–Kier alpha value is -3.92. The molecule has 0 saturated carbocycles. The molecule has 9 nitrogen and oxygen atoms in total. The lowest BCUT2D eigenvalue weighted by Crippen LogP contribution is -2.39. The first-order valence-electron chi connectivity index (χ1n) is 11.2. The molecule has 0 unspecified atom stereocenters. The molecule has 0 atom stereocenters. The number of imidazole rings is 1. The van der Waals surface area contributed by atoms with E-state index in [1.54, 1.807) is 29.3 Å². The molecule has 0 saturated heterocycles. The molecule has 3 heterocycles. The molecule has 0 radical (unpaired) electrons. The minimum absolute atomic E-state index is 0.126. The van der Waals surface area contributed by atoms with Gasteiger partial charge in [0.1, 0.15) is 0 Å². The van der Waals surface area contributed by atoms with Crippen molar-refractivity contribution in [1.29, 1.82) is 0 Å². The van der Waals surface area contributed by atoms with Crippen molar-refractivity contribution >= 4 is 33.8 Å². The summed E-state index contributed by atoms with van der Waals surface area (Å²) in [6.07, 6.45) is 2.07. The normalized spacial score (nSPS) is 11.5. The smallest absolute Gasteiger partial charge is 0.328 e. The summed E-state index contributed by atoms with van der Waals surface area (Å²) in [5.74, 6) is 0.565. The van der Waals surface area contributed by atoms with Gasteiger partial charge in [0.25, 0.3) is 11.1 Å². The van der Waals surface area contributed by atoms with Gasteiger partial charge in [-0.3, -0.25) is 23.3 Å². The van der Waals surface area contributed by atoms with Gasteiger partial charge in [-0.2, -0.15) is 0 Å². The highest BCUT2D eigenvalue weighted by atomic mass is 32.2. The Morgan fingerprint density at radius 2 is 1.69 bits per heavy atom. The summed E-state index contributed by atoms with van der Waals surface area (Å²) in [6, 6.07) is 15.0. The van der Waals surface area contributed by atoms with E-state index in [-0.39, 0.29) is 17.7 Å². The van der Waals surface area contributed by atoms with E-state index in [2.05, 4.69) is 4.98 Å². The number of para-hydroxylation sites is 2. The van der Waals surface area contributed by atoms with Crippen LogP contribution < -0.4 is 16.8 Å². The van der Waals surface area contributed by atoms with Gasteiger partial charge in [-0.05, 0) is 37.1 Å². The number of hydrogen-bond donors (Lipinski definition) is 0. The second-order valence-electron chi connectivity index (χ2n) is 8.37. The van der Waals surface area contributed by atoms with Crippen molar-refractivity contribution in [1.82, 2.24) is 28.2 Å². The molecule has 35 heavy (non-hydrogen) atoms. The van der Waals surface area contributed by atoms with Crippen molar-refractivity contribution in [2.24, 2.45) is 14.1 Å². The third kappa shape index (κ3) is 3.89. The highest BCUT2D eigenvalue weighted by molar-refractivity contribution is 7.99. The average molecular weight is 489 g/mol. The fourth-order valence-electron chi connectivity index (χ4n) is 4.22. The Labute approximate surface area is 204 Å². The number of fused-ring (bicyclic) bond motifs is 2. The second-order valence-corrected chi connectivity index (χ2v) is 9.43. The van der Waals surface area contributed by atoms with Crippen LogP contribution in [0, 0.1) is 6.92 Å². The Morgan fingerprint density at radius 3 is 2.49 bits per heavy atom. The third-order valence-corrected chi connectivity index (χ3v) is 7.08. The minimum atomic E-state index is -0.396. The van der Waals surface area contributed by atoms with Gasteiger partial charge in [0, 0.05) is 26.4 Å². The number of hydrogen-bond acceptors (Lipinski definition) is 6. The zero-order valence-electron chi connectivity index (χ0n) is 19.6. The van der Waals surface area contributed by atoms with Crippen molar-refractivity contribution in [2.75, 3.05) is 5.75 Å². The standard InChI is InChI=1S/C25H24N6O3S/c1-16-9-4-7-12-19(16)31-22(32)17-10-5-6-11-18(17)27-24(31)35-14-8-13-30-23(33)20-21(26-15-28(20)2)29(3)25(30)34/h4-7,9-12,15H,8,13-14H2,1-3H3. The lowest BCUT2D eigenvalue weighted by molar-refractivity contribution is 0.594. The van der Waals surface area contributed by atoms with E-state index < -0.39 is 5.69 Å². The van der Waals surface area contributed by atoms with Crippen LogP contribution in [0.4, 0.5) is 0 Å². The predicted molar refractivity (Wildman–Crippen MR) is 138 cm³/mol. The van der Waals surface area contributed by atoms with Crippen molar-refractivity contribution in [2.45, 2.75) is 25.0 Å². The monoisotopic (exact) mass is 488 g/mol. The quantitative estimate of drug-likeness (QED) is 0.207. The van der Waals surface area contributed by atoms with Crippen LogP contribution in [0.1, 0.15) is 12.0 Å². The Morgan fingerprint density at radius 1 is 0.943 bits per heavy atom. The number of aryl methyl sites for hydroxylation is 3. The largest absolute Gasteiger partial charge is 0.332 e. The van der Waals surface area contributed by atoms with E-state index in [1.165, 1.54) is 27.2 Å². The van der Waals surface area contributed by atoms with Gasteiger partial charge in [-0.15, -0.1) is 0 Å². The van der Waals surface area contributed by atoms with E-state index in [0.29, 0.717) is 39.4 Å². The summed E-state index contributed by atoms with van der Waals surface area (Å²) in [5.41, 5.74) is 2.27. The highest BCUT2D eigenvalue weighted by Crippen LogP contribution is 2.23. The molecule has 0 spiro atoms. The molecule has 178 valence electrons. The SMILES string of the molecule is Cc1ccccc1-n1c(SCCCn2c(=O)c3c(ncn3C)n(C)c2=O)nc2ccccc2c1=O. The van der Waals surface area contributed by atoms with Gasteiger partial charge >= 0.3 is 5.69 Å². The highest BCUT2D eigenvalue weighted by Gasteiger charge is 2.16. The zero-order valence-corrected chi connectivity index (χ0v) is 20.5. The summed E-state index contributed by atoms with van der Waals surface area (Å²) >= 11 is 1.43. The maximum atomic E-state index is 13.4. The van der Waals surface area contributed by atoms with Gasteiger partial charge in [-0.25, -0.2) is 14.8 Å². The average Bonchev–Trinajstić information content (AvgIpc) is 3.25. The van der Waals surface area contributed by atoms with Gasteiger partial charge in [0.05, 0.1) is 22.9 Å². The van der Waals surface area contributed by atoms with Crippen LogP contribution >= 0.6 is 11.8 Å². The molecule has 0 aliphatic rings. The number of benzene rings is 2. The number of aromatic nitrogens is 6. The Kier molecular flexibility index (Phi) is 5.89. The summed E-state index contributed by atoms with van der Waals surface area (Å²) in [7, 11) is 3.35. The third-order valence-electron chi connectivity index (χ3n) is 6.06. The zero-order chi connectivity index (χ0) is 24.7.